The third-order valence-corrected chi connectivity index (χ3v) is 4.82. The van der Waals surface area contributed by atoms with Gasteiger partial charge in [0.1, 0.15) is 5.75 Å². The van der Waals surface area contributed by atoms with Crippen LogP contribution in [0.1, 0.15) is 24.8 Å². The quantitative estimate of drug-likeness (QED) is 0.802. The van der Waals surface area contributed by atoms with Gasteiger partial charge in [0.2, 0.25) is 0 Å². The number of fused-ring (bicyclic) bond motifs is 1. The van der Waals surface area contributed by atoms with Gasteiger partial charge in [-0.2, -0.15) is 10.4 Å². The summed E-state index contributed by atoms with van der Waals surface area (Å²) in [5, 5.41) is 17.5. The van der Waals surface area contributed by atoms with Crippen LogP contribution in [0.25, 0.3) is 22.2 Å². The summed E-state index contributed by atoms with van der Waals surface area (Å²) >= 11 is 0. The van der Waals surface area contributed by atoms with Gasteiger partial charge in [0.05, 0.1) is 24.8 Å². The van der Waals surface area contributed by atoms with Crippen molar-refractivity contribution in [2.45, 2.75) is 24.7 Å². The summed E-state index contributed by atoms with van der Waals surface area (Å²) < 4.78 is 5.54. The van der Waals surface area contributed by atoms with E-state index in [0.29, 0.717) is 0 Å². The summed E-state index contributed by atoms with van der Waals surface area (Å²) in [6.45, 7) is 0. The number of aromatic nitrogens is 3. The van der Waals surface area contributed by atoms with Crippen molar-refractivity contribution in [3.05, 3.63) is 42.2 Å². The Morgan fingerprint density at radius 2 is 2.13 bits per heavy atom. The molecule has 1 aliphatic carbocycles. The van der Waals surface area contributed by atoms with Crippen LogP contribution < -0.4 is 4.74 Å². The van der Waals surface area contributed by atoms with Gasteiger partial charge in [-0.15, -0.1) is 0 Å². The average Bonchev–Trinajstić information content (AvgIpc) is 3.03. The lowest BCUT2D eigenvalue weighted by Gasteiger charge is -2.36. The predicted octanol–water partition coefficient (Wildman–Crippen LogP) is 3.58. The van der Waals surface area contributed by atoms with Crippen LogP contribution in [0.5, 0.6) is 5.75 Å². The monoisotopic (exact) mass is 304 g/mol. The van der Waals surface area contributed by atoms with Crippen LogP contribution in [-0.4, -0.2) is 22.3 Å². The molecule has 1 N–H and O–H groups in total. The summed E-state index contributed by atoms with van der Waals surface area (Å²) in [6.07, 6.45) is 6.48. The zero-order chi connectivity index (χ0) is 15.9. The molecular weight excluding hydrogens is 288 g/mol. The van der Waals surface area contributed by atoms with E-state index in [1.165, 1.54) is 0 Å². The molecule has 114 valence electrons. The molecule has 5 nitrogen and oxygen atoms in total. The minimum Gasteiger partial charge on any atom is -0.496 e. The molecule has 4 rings (SSSR count). The lowest BCUT2D eigenvalue weighted by atomic mass is 9.65. The molecule has 3 aromatic rings. The topological polar surface area (TPSA) is 74.6 Å². The number of hydrogen-bond donors (Lipinski definition) is 1. The van der Waals surface area contributed by atoms with Crippen molar-refractivity contribution >= 4 is 11.0 Å². The largest absolute Gasteiger partial charge is 0.496 e. The van der Waals surface area contributed by atoms with Gasteiger partial charge >= 0.3 is 0 Å². The maximum Gasteiger partial charge on any atom is 0.155 e. The van der Waals surface area contributed by atoms with Gasteiger partial charge in [-0.05, 0) is 48.6 Å². The fraction of sp³-hybridized carbons (Fsp3) is 0.278. The van der Waals surface area contributed by atoms with Gasteiger partial charge in [0.15, 0.2) is 5.65 Å². The fourth-order valence-electron chi connectivity index (χ4n) is 3.30. The van der Waals surface area contributed by atoms with Crippen LogP contribution in [0, 0.1) is 11.3 Å². The van der Waals surface area contributed by atoms with E-state index in [-0.39, 0.29) is 5.41 Å². The Morgan fingerprint density at radius 3 is 2.83 bits per heavy atom. The van der Waals surface area contributed by atoms with E-state index in [9.17, 15) is 5.26 Å². The second-order valence-electron chi connectivity index (χ2n) is 5.95. The van der Waals surface area contributed by atoms with Crippen molar-refractivity contribution in [2.75, 3.05) is 7.11 Å². The number of rotatable bonds is 3. The third kappa shape index (κ3) is 1.99. The highest BCUT2D eigenvalue weighted by atomic mass is 16.5. The first-order valence-corrected chi connectivity index (χ1v) is 7.66. The van der Waals surface area contributed by atoms with E-state index < -0.39 is 0 Å². The van der Waals surface area contributed by atoms with Crippen molar-refractivity contribution in [3.8, 4) is 22.9 Å². The lowest BCUT2D eigenvalue weighted by Crippen LogP contribution is -2.32. The molecular formula is C18H16N4O. The molecule has 0 spiro atoms. The van der Waals surface area contributed by atoms with Gasteiger partial charge < -0.3 is 4.74 Å². The van der Waals surface area contributed by atoms with Crippen molar-refractivity contribution in [1.29, 1.82) is 5.26 Å². The lowest BCUT2D eigenvalue weighted by molar-refractivity contribution is 0.323. The molecule has 2 aromatic heterocycles. The Hall–Kier alpha value is -2.87. The smallest absolute Gasteiger partial charge is 0.155 e. The number of ether oxygens (including phenoxy) is 1. The minimum atomic E-state index is -0.344. The summed E-state index contributed by atoms with van der Waals surface area (Å²) in [5.41, 5.74) is 3.45. The predicted molar refractivity (Wildman–Crippen MR) is 87.0 cm³/mol. The van der Waals surface area contributed by atoms with E-state index in [4.69, 9.17) is 4.74 Å². The molecule has 2 heterocycles. The number of aromatic amines is 1. The summed E-state index contributed by atoms with van der Waals surface area (Å²) in [4.78, 5) is 4.29. The summed E-state index contributed by atoms with van der Waals surface area (Å²) in [5.74, 6) is 0.787. The van der Waals surface area contributed by atoms with Crippen LogP contribution in [-0.2, 0) is 5.41 Å². The number of methoxy groups -OCH3 is 1. The van der Waals surface area contributed by atoms with Crippen LogP contribution in [0.2, 0.25) is 0 Å². The number of H-pyrrole nitrogens is 1. The van der Waals surface area contributed by atoms with Crippen molar-refractivity contribution in [3.63, 3.8) is 0 Å². The first kappa shape index (κ1) is 13.8. The molecule has 0 unspecified atom stereocenters. The highest BCUT2D eigenvalue weighted by Crippen LogP contribution is 2.45. The van der Waals surface area contributed by atoms with E-state index in [1.54, 1.807) is 19.5 Å². The van der Waals surface area contributed by atoms with E-state index in [0.717, 1.165) is 52.7 Å². The van der Waals surface area contributed by atoms with Crippen molar-refractivity contribution in [2.24, 2.45) is 0 Å². The molecule has 5 heteroatoms. The van der Waals surface area contributed by atoms with E-state index >= 15 is 0 Å². The average molecular weight is 304 g/mol. The van der Waals surface area contributed by atoms with Gasteiger partial charge in [0, 0.05) is 17.1 Å². The van der Waals surface area contributed by atoms with Gasteiger partial charge in [-0.3, -0.25) is 5.10 Å². The van der Waals surface area contributed by atoms with E-state index in [1.807, 2.05) is 18.2 Å². The second kappa shape index (κ2) is 5.10. The molecule has 0 atom stereocenters. The molecule has 1 aromatic carbocycles. The Balaban J connectivity index is 1.94. The maximum absolute atomic E-state index is 9.61. The second-order valence-corrected chi connectivity index (χ2v) is 5.95. The molecule has 23 heavy (non-hydrogen) atoms. The fourth-order valence-corrected chi connectivity index (χ4v) is 3.30. The number of nitrogens with zero attached hydrogens (tertiary/aromatic N) is 3. The Labute approximate surface area is 133 Å². The van der Waals surface area contributed by atoms with Gasteiger partial charge in [-0.1, -0.05) is 6.07 Å². The van der Waals surface area contributed by atoms with Crippen LogP contribution in [0.3, 0.4) is 0 Å². The highest BCUT2D eigenvalue weighted by molar-refractivity contribution is 5.94. The standard InChI is InChI=1S/C18H16N4O/c1-23-16-4-3-12(18(11-19)6-2-7-18)9-14(16)13-5-8-20-17-15(13)10-21-22-17/h3-5,8-10H,2,6-7H2,1H3,(H,20,21,22). The van der Waals surface area contributed by atoms with Crippen LogP contribution in [0.15, 0.2) is 36.7 Å². The van der Waals surface area contributed by atoms with Crippen molar-refractivity contribution < 1.29 is 4.74 Å². The molecule has 0 aliphatic heterocycles. The van der Waals surface area contributed by atoms with Crippen molar-refractivity contribution in [1.82, 2.24) is 15.2 Å². The van der Waals surface area contributed by atoms with Crippen LogP contribution in [0.4, 0.5) is 0 Å². The van der Waals surface area contributed by atoms with Gasteiger partial charge in [-0.25, -0.2) is 4.98 Å². The van der Waals surface area contributed by atoms with Crippen LogP contribution >= 0.6 is 0 Å². The zero-order valence-electron chi connectivity index (χ0n) is 12.8. The first-order valence-electron chi connectivity index (χ1n) is 7.66. The summed E-state index contributed by atoms with van der Waals surface area (Å²) in [7, 11) is 1.66. The maximum atomic E-state index is 9.61. The minimum absolute atomic E-state index is 0.344. The number of pyridine rings is 1. The van der Waals surface area contributed by atoms with E-state index in [2.05, 4.69) is 27.3 Å². The zero-order valence-corrected chi connectivity index (χ0v) is 12.8. The third-order valence-electron chi connectivity index (χ3n) is 4.82. The Kier molecular flexibility index (Phi) is 3.05. The molecule has 0 saturated heterocycles. The normalized spacial score (nSPS) is 15.8. The number of benzene rings is 1. The Bertz CT molecular complexity index is 918. The number of nitriles is 1. The number of hydrogen-bond acceptors (Lipinski definition) is 4. The summed E-state index contributed by atoms with van der Waals surface area (Å²) in [6, 6.07) is 10.5. The first-order chi connectivity index (χ1) is 11.3. The highest BCUT2D eigenvalue weighted by Gasteiger charge is 2.39. The molecule has 1 aliphatic rings. The molecule has 1 saturated carbocycles. The molecule has 0 radical (unpaired) electrons. The number of nitrogens with one attached hydrogen (secondary N) is 1. The van der Waals surface area contributed by atoms with Gasteiger partial charge in [0.25, 0.3) is 0 Å². The molecule has 0 bridgehead atoms. The molecule has 0 amide bonds. The molecule has 1 fully saturated rings. The SMILES string of the molecule is COc1ccc(C2(C#N)CCC2)cc1-c1ccnc2[nH]ncc12. The Morgan fingerprint density at radius 1 is 1.26 bits per heavy atom.